The Bertz CT molecular complexity index is 327. The summed E-state index contributed by atoms with van der Waals surface area (Å²) in [5.41, 5.74) is 1.47. The lowest BCUT2D eigenvalue weighted by Crippen LogP contribution is -2.11. The number of rotatable bonds is 2. The highest BCUT2D eigenvalue weighted by Crippen LogP contribution is 2.31. The normalized spacial score (nSPS) is 11.4. The molecule has 2 heteroatoms. The summed E-state index contributed by atoms with van der Waals surface area (Å²) in [6.45, 7) is 6.60. The van der Waals surface area contributed by atoms with Crippen molar-refractivity contribution < 1.29 is 8.78 Å². The molecule has 0 fully saturated rings. The number of alkyl halides is 2. The molecule has 0 aromatic heterocycles. The van der Waals surface area contributed by atoms with Crippen LogP contribution in [0.3, 0.4) is 0 Å². The summed E-state index contributed by atoms with van der Waals surface area (Å²) in [7, 11) is 0. The third-order valence-corrected chi connectivity index (χ3v) is 2.01. The summed E-state index contributed by atoms with van der Waals surface area (Å²) in [6.07, 6.45) is 0.675. The van der Waals surface area contributed by atoms with Gasteiger partial charge in [-0.2, -0.15) is 8.78 Å². The Morgan fingerprint density at radius 2 is 1.92 bits per heavy atom. The lowest BCUT2D eigenvalue weighted by Gasteiger charge is -2.14. The fraction of sp³-hybridized carbons (Fsp3) is 0.273. The van der Waals surface area contributed by atoms with Gasteiger partial charge >= 0.3 is 0 Å². The van der Waals surface area contributed by atoms with Crippen molar-refractivity contribution in [3.05, 3.63) is 47.5 Å². The van der Waals surface area contributed by atoms with Crippen LogP contribution in [0.5, 0.6) is 0 Å². The maximum atomic E-state index is 13.2. The number of allylic oxidation sites excluding steroid dienone is 1. The van der Waals surface area contributed by atoms with Gasteiger partial charge in [0.2, 0.25) is 0 Å². The van der Waals surface area contributed by atoms with E-state index in [9.17, 15) is 8.78 Å². The maximum Gasteiger partial charge on any atom is 0.291 e. The molecule has 0 atom stereocenters. The van der Waals surface area contributed by atoms with Crippen LogP contribution in [0.4, 0.5) is 8.78 Å². The number of hydrogen-bond donors (Lipinski definition) is 0. The molecule has 70 valence electrons. The average molecular weight is 182 g/mol. The summed E-state index contributed by atoms with van der Waals surface area (Å²) >= 11 is 0. The molecule has 0 radical (unpaired) electrons. The molecule has 13 heavy (non-hydrogen) atoms. The monoisotopic (exact) mass is 182 g/mol. The first kappa shape index (κ1) is 9.90. The molecule has 0 aliphatic heterocycles. The summed E-state index contributed by atoms with van der Waals surface area (Å²) in [6, 6.07) is 5.01. The van der Waals surface area contributed by atoms with Gasteiger partial charge in [-0.25, -0.2) is 0 Å². The Balaban J connectivity index is 3.28. The Morgan fingerprint density at radius 3 is 2.46 bits per heavy atom. The van der Waals surface area contributed by atoms with E-state index in [4.69, 9.17) is 0 Å². The lowest BCUT2D eigenvalue weighted by atomic mass is 10.0. The zero-order chi connectivity index (χ0) is 10.1. The van der Waals surface area contributed by atoms with Gasteiger partial charge in [-0.15, -0.1) is 0 Å². The van der Waals surface area contributed by atoms with Crippen molar-refractivity contribution in [2.75, 3.05) is 0 Å². The Hall–Kier alpha value is -1.18. The van der Waals surface area contributed by atoms with Crippen LogP contribution in [0, 0.1) is 13.8 Å². The van der Waals surface area contributed by atoms with Crippen LogP contribution in [-0.2, 0) is 5.92 Å². The van der Waals surface area contributed by atoms with E-state index in [1.807, 2.05) is 6.07 Å². The molecule has 0 saturated heterocycles. The average Bonchev–Trinajstić information content (AvgIpc) is 2.09. The highest BCUT2D eigenvalue weighted by atomic mass is 19.3. The molecule has 0 amide bonds. The lowest BCUT2D eigenvalue weighted by molar-refractivity contribution is 0.0518. The standard InChI is InChI=1S/C11H12F2/c1-4-11(12,13)10-7-8(2)5-6-9(10)3/h4-7H,1H2,2-3H3. The van der Waals surface area contributed by atoms with E-state index in [1.165, 1.54) is 6.07 Å². The van der Waals surface area contributed by atoms with Gasteiger partial charge in [0.05, 0.1) is 0 Å². The van der Waals surface area contributed by atoms with E-state index in [2.05, 4.69) is 6.58 Å². The minimum Gasteiger partial charge on any atom is -0.197 e. The third kappa shape index (κ3) is 1.94. The van der Waals surface area contributed by atoms with Crippen molar-refractivity contribution in [1.82, 2.24) is 0 Å². The molecule has 0 heterocycles. The van der Waals surface area contributed by atoms with E-state index in [0.717, 1.165) is 5.56 Å². The second kappa shape index (κ2) is 3.29. The first-order chi connectivity index (χ1) is 5.97. The van der Waals surface area contributed by atoms with Crippen molar-refractivity contribution in [2.45, 2.75) is 19.8 Å². The van der Waals surface area contributed by atoms with Crippen LogP contribution in [0.2, 0.25) is 0 Å². The molecule has 0 spiro atoms. The summed E-state index contributed by atoms with van der Waals surface area (Å²) < 4.78 is 26.4. The Labute approximate surface area is 76.9 Å². The first-order valence-corrected chi connectivity index (χ1v) is 4.06. The van der Waals surface area contributed by atoms with E-state index in [0.29, 0.717) is 11.6 Å². The largest absolute Gasteiger partial charge is 0.291 e. The number of aryl methyl sites for hydroxylation is 2. The zero-order valence-electron chi connectivity index (χ0n) is 7.77. The third-order valence-electron chi connectivity index (χ3n) is 2.01. The quantitative estimate of drug-likeness (QED) is 0.613. The second-order valence-electron chi connectivity index (χ2n) is 3.15. The van der Waals surface area contributed by atoms with Crippen LogP contribution in [0.25, 0.3) is 0 Å². The van der Waals surface area contributed by atoms with E-state index < -0.39 is 5.92 Å². The van der Waals surface area contributed by atoms with Crippen molar-refractivity contribution in [1.29, 1.82) is 0 Å². The Kier molecular flexibility index (Phi) is 2.50. The molecule has 1 rings (SSSR count). The molecule has 0 bridgehead atoms. The number of halogens is 2. The topological polar surface area (TPSA) is 0 Å². The Morgan fingerprint density at radius 1 is 1.31 bits per heavy atom. The zero-order valence-corrected chi connectivity index (χ0v) is 7.77. The van der Waals surface area contributed by atoms with Gasteiger partial charge in [0.1, 0.15) is 0 Å². The maximum absolute atomic E-state index is 13.2. The van der Waals surface area contributed by atoms with Gasteiger partial charge in [0.15, 0.2) is 0 Å². The summed E-state index contributed by atoms with van der Waals surface area (Å²) in [4.78, 5) is 0. The van der Waals surface area contributed by atoms with Crippen molar-refractivity contribution in [3.8, 4) is 0 Å². The molecule has 1 aromatic rings. The van der Waals surface area contributed by atoms with Crippen molar-refractivity contribution >= 4 is 0 Å². The van der Waals surface area contributed by atoms with Gasteiger partial charge in [0.25, 0.3) is 5.92 Å². The minimum absolute atomic E-state index is 0.0440. The van der Waals surface area contributed by atoms with Crippen LogP contribution in [0.1, 0.15) is 16.7 Å². The predicted molar refractivity (Wildman–Crippen MR) is 50.0 cm³/mol. The number of benzene rings is 1. The highest BCUT2D eigenvalue weighted by molar-refractivity contribution is 5.35. The van der Waals surface area contributed by atoms with E-state index in [-0.39, 0.29) is 5.56 Å². The molecule has 0 unspecified atom stereocenters. The fourth-order valence-corrected chi connectivity index (χ4v) is 1.20. The molecular formula is C11H12F2. The van der Waals surface area contributed by atoms with E-state index >= 15 is 0 Å². The van der Waals surface area contributed by atoms with Crippen molar-refractivity contribution in [3.63, 3.8) is 0 Å². The molecule has 0 aliphatic rings. The van der Waals surface area contributed by atoms with Crippen LogP contribution >= 0.6 is 0 Å². The van der Waals surface area contributed by atoms with Gasteiger partial charge in [-0.1, -0.05) is 24.3 Å². The molecule has 0 N–H and O–H groups in total. The minimum atomic E-state index is -2.92. The van der Waals surface area contributed by atoms with Crippen LogP contribution in [-0.4, -0.2) is 0 Å². The number of hydrogen-bond acceptors (Lipinski definition) is 0. The van der Waals surface area contributed by atoms with Gasteiger partial charge < -0.3 is 0 Å². The van der Waals surface area contributed by atoms with Crippen LogP contribution in [0.15, 0.2) is 30.9 Å². The smallest absolute Gasteiger partial charge is 0.197 e. The van der Waals surface area contributed by atoms with E-state index in [1.54, 1.807) is 19.9 Å². The highest BCUT2D eigenvalue weighted by Gasteiger charge is 2.28. The van der Waals surface area contributed by atoms with Gasteiger partial charge in [-0.05, 0) is 31.6 Å². The molecule has 0 aliphatic carbocycles. The fourth-order valence-electron chi connectivity index (χ4n) is 1.20. The molecular weight excluding hydrogens is 170 g/mol. The first-order valence-electron chi connectivity index (χ1n) is 4.06. The van der Waals surface area contributed by atoms with Gasteiger partial charge in [-0.3, -0.25) is 0 Å². The summed E-state index contributed by atoms with van der Waals surface area (Å²) in [5.74, 6) is -2.92. The van der Waals surface area contributed by atoms with Crippen molar-refractivity contribution in [2.24, 2.45) is 0 Å². The second-order valence-corrected chi connectivity index (χ2v) is 3.15. The molecule has 0 nitrogen and oxygen atoms in total. The molecule has 1 aromatic carbocycles. The SMILES string of the molecule is C=CC(F)(F)c1cc(C)ccc1C. The molecule has 0 saturated carbocycles. The van der Waals surface area contributed by atoms with Gasteiger partial charge in [0, 0.05) is 5.56 Å². The van der Waals surface area contributed by atoms with Crippen LogP contribution < -0.4 is 0 Å². The summed E-state index contributed by atoms with van der Waals surface area (Å²) in [5, 5.41) is 0. The predicted octanol–water partition coefficient (Wildman–Crippen LogP) is 3.58.